The molecule has 0 aliphatic heterocycles. The average molecular weight is 1500 g/mol. The van der Waals surface area contributed by atoms with Crippen molar-refractivity contribution in [1.82, 2.24) is 0 Å². The highest BCUT2D eigenvalue weighted by Crippen LogP contribution is 2.23. The summed E-state index contributed by atoms with van der Waals surface area (Å²) in [6, 6.07) is 0. The van der Waals surface area contributed by atoms with Gasteiger partial charge < -0.3 is 32.7 Å². The molecule has 0 aromatic heterocycles. The van der Waals surface area contributed by atoms with Gasteiger partial charge in [-0.3, -0.25) is 0 Å². The lowest BCUT2D eigenvalue weighted by Gasteiger charge is -2.36. The topological polar surface area (TPSA) is 86.2 Å². The quantitative estimate of drug-likeness (QED) is 0.0345. The first-order chi connectivity index (χ1) is 50.5. The summed E-state index contributed by atoms with van der Waals surface area (Å²) in [5.41, 5.74) is 0. The molecule has 8 heteroatoms. The molecular weight excluding hydrogens is 1290 g/mol. The third-order valence-electron chi connectivity index (χ3n) is 23.7. The fraction of sp³-hybridized carbons (Fsp3) is 1.00. The fourth-order valence-electron chi connectivity index (χ4n) is 16.2. The Morgan fingerprint density at radius 2 is 0.202 bits per heavy atom. The van der Waals surface area contributed by atoms with Crippen LogP contribution in [0.1, 0.15) is 544 Å². The zero-order valence-corrected chi connectivity index (χ0v) is 75.7. The van der Waals surface area contributed by atoms with Crippen LogP contribution in [0.15, 0.2) is 0 Å². The number of phosphoric acid groups is 1. The van der Waals surface area contributed by atoms with Gasteiger partial charge in [0.25, 0.3) is 0 Å². The second kappa shape index (κ2) is 91.9. The summed E-state index contributed by atoms with van der Waals surface area (Å²) in [5.74, 6) is 0. The number of unbranched alkanes of at least 4 members (excludes halogenated alkanes) is 66. The van der Waals surface area contributed by atoms with Crippen molar-refractivity contribution in [2.24, 2.45) is 0 Å². The Morgan fingerprint density at radius 1 is 0.144 bits per heavy atom. The van der Waals surface area contributed by atoms with Crippen LogP contribution in [0.3, 0.4) is 0 Å². The maximum absolute atomic E-state index is 8.55. The van der Waals surface area contributed by atoms with Crippen molar-refractivity contribution in [3.05, 3.63) is 0 Å². The van der Waals surface area contributed by atoms with E-state index in [0.29, 0.717) is 0 Å². The molecule has 0 heterocycles. The van der Waals surface area contributed by atoms with E-state index in [-0.39, 0.29) is 0 Å². The largest absolute Gasteiger partial charge is 0.822 e. The molecule has 0 aliphatic rings. The molecule has 104 heavy (non-hydrogen) atoms. The second-order valence-corrected chi connectivity index (χ2v) is 36.0. The van der Waals surface area contributed by atoms with Gasteiger partial charge in [0, 0.05) is 0 Å². The number of hydrogen-bond acceptors (Lipinski definition) is 4. The van der Waals surface area contributed by atoms with Gasteiger partial charge in [0.1, 0.15) is 0 Å². The van der Waals surface area contributed by atoms with Gasteiger partial charge in [0.15, 0.2) is 0 Å². The highest BCUT2D eigenvalue weighted by atomic mass is 31.2. The van der Waals surface area contributed by atoms with Crippen molar-refractivity contribution >= 4 is 7.82 Å². The van der Waals surface area contributed by atoms with Crippen molar-refractivity contribution in [3.8, 4) is 0 Å². The predicted molar refractivity (Wildman–Crippen MR) is 467 cm³/mol. The van der Waals surface area contributed by atoms with E-state index < -0.39 is 7.82 Å². The van der Waals surface area contributed by atoms with Crippen molar-refractivity contribution in [3.63, 3.8) is 0 Å². The van der Waals surface area contributed by atoms with Gasteiger partial charge in [0.05, 0.1) is 80.0 Å². The number of rotatable bonds is 84. The van der Waals surface area contributed by atoms with Crippen LogP contribution in [-0.2, 0) is 4.57 Å². The summed E-state index contributed by atoms with van der Waals surface area (Å²) in [6.07, 6.45) is 109. The second-order valence-electron chi connectivity index (χ2n) is 35.2. The maximum Gasteiger partial charge on any atom is 0.0784 e. The van der Waals surface area contributed by atoms with E-state index in [1.165, 1.54) is 554 Å². The lowest BCUT2D eigenvalue weighted by Crippen LogP contribution is -2.46. The first-order valence-electron chi connectivity index (χ1n) is 48.8. The standard InChI is InChI=1S/3C32H68N.H3O4P/c3*1-5-8-11-14-16-18-20-22-24-26-29-32-33(4,30-27-13-10-7-3)31-28-25-23-21-19-17-15-12-9-6-2;1-5(2,3)4/h3*5-32H2,1-4H3;(H3,1,2,3,4)/q3*+1;/p-3. The monoisotopic (exact) mass is 1490 g/mol. The molecule has 0 rings (SSSR count). The van der Waals surface area contributed by atoms with E-state index in [1.54, 1.807) is 0 Å². The SMILES string of the molecule is CCCCCCCCCCCCC[N+](C)(CCCCCC)CCCCCCCCCCCC.CCCCCCCCCCCCC[N+](C)(CCCCCC)CCCCCCCCCCCC.CCCCCCCCCCCCC[N+](C)(CCCCCC)CCCCCCCCCCCC.O=P([O-])([O-])[O-]. The Morgan fingerprint density at radius 3 is 0.279 bits per heavy atom. The Hall–Kier alpha value is -0.0100. The van der Waals surface area contributed by atoms with E-state index >= 15 is 0 Å². The van der Waals surface area contributed by atoms with Gasteiger partial charge in [-0.15, -0.1) is 0 Å². The van der Waals surface area contributed by atoms with E-state index in [1.807, 2.05) is 0 Å². The van der Waals surface area contributed by atoms with Crippen LogP contribution in [0.4, 0.5) is 0 Å². The minimum Gasteiger partial charge on any atom is -0.822 e. The molecule has 0 aromatic rings. The van der Waals surface area contributed by atoms with E-state index in [4.69, 9.17) is 19.2 Å². The van der Waals surface area contributed by atoms with Gasteiger partial charge in [-0.25, -0.2) is 0 Å². The normalized spacial score (nSPS) is 13.4. The Labute approximate surface area is 660 Å². The van der Waals surface area contributed by atoms with E-state index in [2.05, 4.69) is 83.5 Å². The summed E-state index contributed by atoms with van der Waals surface area (Å²) in [6.45, 7) is 33.7. The van der Waals surface area contributed by atoms with Crippen molar-refractivity contribution in [2.45, 2.75) is 544 Å². The molecular formula is C96H204N3O4P. The molecule has 0 N–H and O–H groups in total. The molecule has 3 atom stereocenters. The van der Waals surface area contributed by atoms with Crippen molar-refractivity contribution < 1.29 is 32.7 Å². The maximum atomic E-state index is 8.55. The van der Waals surface area contributed by atoms with Gasteiger partial charge in [-0.05, 0) is 116 Å². The summed E-state index contributed by atoms with van der Waals surface area (Å²) >= 11 is 0. The molecule has 0 aliphatic carbocycles. The molecule has 632 valence electrons. The van der Waals surface area contributed by atoms with Crippen molar-refractivity contribution in [1.29, 1.82) is 0 Å². The fourth-order valence-corrected chi connectivity index (χ4v) is 16.2. The van der Waals surface area contributed by atoms with Crippen LogP contribution in [-0.4, -0.2) is 93.5 Å². The van der Waals surface area contributed by atoms with Crippen LogP contribution >= 0.6 is 7.82 Å². The van der Waals surface area contributed by atoms with Gasteiger partial charge in [0.2, 0.25) is 0 Å². The van der Waals surface area contributed by atoms with E-state index in [0.717, 1.165) is 0 Å². The van der Waals surface area contributed by atoms with Crippen LogP contribution < -0.4 is 14.7 Å². The molecule has 0 bridgehead atoms. The molecule has 0 radical (unpaired) electrons. The average Bonchev–Trinajstić information content (AvgIpc) is 0.979. The molecule has 3 unspecified atom stereocenters. The highest BCUT2D eigenvalue weighted by molar-refractivity contribution is 7.40. The Bertz CT molecular complexity index is 1390. The molecule has 0 saturated heterocycles. The zero-order chi connectivity index (χ0) is 77.4. The summed E-state index contributed by atoms with van der Waals surface area (Å²) in [7, 11) is 2.35. The van der Waals surface area contributed by atoms with E-state index in [9.17, 15) is 0 Å². The third kappa shape index (κ3) is 100.0. The minimum absolute atomic E-state index is 1.36. The molecule has 0 aromatic carbocycles. The Kier molecular flexibility index (Phi) is 97.4. The zero-order valence-electron chi connectivity index (χ0n) is 74.8. The summed E-state index contributed by atoms with van der Waals surface area (Å²) in [4.78, 5) is 25.6. The first kappa shape index (κ1) is 110. The molecule has 7 nitrogen and oxygen atoms in total. The van der Waals surface area contributed by atoms with Gasteiger partial charge in [-0.2, -0.15) is 7.82 Å². The Balaban J connectivity index is -0.000000696. The lowest BCUT2D eigenvalue weighted by molar-refractivity contribution is -0.910. The summed E-state index contributed by atoms with van der Waals surface area (Å²) in [5, 5.41) is 0. The lowest BCUT2D eigenvalue weighted by atomic mass is 10.0. The number of nitrogens with zero attached hydrogens (tertiary/aromatic N) is 3. The van der Waals surface area contributed by atoms with Gasteiger partial charge in [-0.1, -0.05) is 428 Å². The van der Waals surface area contributed by atoms with Crippen LogP contribution in [0.2, 0.25) is 0 Å². The molecule has 0 saturated carbocycles. The van der Waals surface area contributed by atoms with Crippen molar-refractivity contribution in [2.75, 3.05) is 80.0 Å². The smallest absolute Gasteiger partial charge is 0.0784 e. The molecule has 0 fully saturated rings. The molecule has 0 amide bonds. The molecule has 0 spiro atoms. The third-order valence-corrected chi connectivity index (χ3v) is 23.7. The minimum atomic E-state index is -5.39. The number of hydrogen-bond donors (Lipinski definition) is 0. The van der Waals surface area contributed by atoms with Crippen LogP contribution in [0.5, 0.6) is 0 Å². The van der Waals surface area contributed by atoms with Gasteiger partial charge >= 0.3 is 0 Å². The first-order valence-corrected chi connectivity index (χ1v) is 50.2. The van der Waals surface area contributed by atoms with Crippen LogP contribution in [0.25, 0.3) is 0 Å². The predicted octanol–water partition coefficient (Wildman–Crippen LogP) is 30.9. The highest BCUT2D eigenvalue weighted by Gasteiger charge is 2.23. The van der Waals surface area contributed by atoms with Crippen LogP contribution in [0, 0.1) is 0 Å². The number of quaternary nitrogens is 3. The summed E-state index contributed by atoms with van der Waals surface area (Å²) < 4.78 is 12.6.